The zero-order valence-corrected chi connectivity index (χ0v) is 15.8. The van der Waals surface area contributed by atoms with E-state index in [2.05, 4.69) is 20.1 Å². The van der Waals surface area contributed by atoms with Crippen LogP contribution in [0.15, 0.2) is 71.7 Å². The van der Waals surface area contributed by atoms with Crippen LogP contribution in [0, 0.1) is 0 Å². The number of anilines is 2. The molecule has 4 rings (SSSR count). The fraction of sp³-hybridized carbons (Fsp3) is 0.273. The number of hydrogen-bond donors (Lipinski definition) is 1. The maximum absolute atomic E-state index is 12.2. The van der Waals surface area contributed by atoms with Crippen molar-refractivity contribution in [1.29, 1.82) is 0 Å². The highest BCUT2D eigenvalue weighted by atomic mass is 16.3. The molecule has 0 spiro atoms. The molecule has 1 aliphatic heterocycles. The van der Waals surface area contributed by atoms with Crippen molar-refractivity contribution in [3.05, 3.63) is 78.4 Å². The standard InChI is InChI=1S/C22H24N4O2/c27-22(14-18-4-2-1-3-5-18)24-20-6-7-21(23-15-20)26-11-9-25(10-12-26)16-19-8-13-28-17-19/h1-8,13,15,17H,9-12,14,16H2,(H,24,27). The minimum atomic E-state index is -0.0337. The largest absolute Gasteiger partial charge is 0.472 e. The van der Waals surface area contributed by atoms with Crippen molar-refractivity contribution in [1.82, 2.24) is 9.88 Å². The summed E-state index contributed by atoms with van der Waals surface area (Å²) in [6.07, 6.45) is 5.62. The number of aromatic nitrogens is 1. The molecule has 0 aliphatic carbocycles. The fourth-order valence-corrected chi connectivity index (χ4v) is 3.41. The van der Waals surface area contributed by atoms with Crippen LogP contribution in [0.2, 0.25) is 0 Å². The van der Waals surface area contributed by atoms with Gasteiger partial charge in [0.1, 0.15) is 5.82 Å². The normalized spacial score (nSPS) is 14.8. The lowest BCUT2D eigenvalue weighted by Crippen LogP contribution is -2.46. The van der Waals surface area contributed by atoms with E-state index in [0.29, 0.717) is 6.42 Å². The minimum Gasteiger partial charge on any atom is -0.472 e. The van der Waals surface area contributed by atoms with Crippen molar-refractivity contribution in [3.8, 4) is 0 Å². The monoisotopic (exact) mass is 376 g/mol. The second-order valence-electron chi connectivity index (χ2n) is 7.01. The lowest BCUT2D eigenvalue weighted by molar-refractivity contribution is -0.115. The van der Waals surface area contributed by atoms with E-state index in [-0.39, 0.29) is 5.91 Å². The van der Waals surface area contributed by atoms with E-state index in [4.69, 9.17) is 4.42 Å². The molecule has 0 bridgehead atoms. The van der Waals surface area contributed by atoms with Crippen LogP contribution in [-0.2, 0) is 17.8 Å². The van der Waals surface area contributed by atoms with Gasteiger partial charge in [0, 0.05) is 38.3 Å². The van der Waals surface area contributed by atoms with Crippen molar-refractivity contribution in [2.75, 3.05) is 36.4 Å². The molecule has 0 unspecified atom stereocenters. The van der Waals surface area contributed by atoms with Gasteiger partial charge in [-0.25, -0.2) is 4.98 Å². The van der Waals surface area contributed by atoms with Crippen LogP contribution in [0.4, 0.5) is 11.5 Å². The van der Waals surface area contributed by atoms with E-state index < -0.39 is 0 Å². The quantitative estimate of drug-likeness (QED) is 0.716. The molecule has 1 N–H and O–H groups in total. The number of amides is 1. The number of nitrogens with one attached hydrogen (secondary N) is 1. The number of benzene rings is 1. The van der Waals surface area contributed by atoms with Gasteiger partial charge in [0.2, 0.25) is 5.91 Å². The zero-order valence-electron chi connectivity index (χ0n) is 15.8. The Bertz CT molecular complexity index is 871. The molecule has 2 aromatic heterocycles. The topological polar surface area (TPSA) is 61.6 Å². The van der Waals surface area contributed by atoms with Gasteiger partial charge in [0.05, 0.1) is 30.8 Å². The molecule has 1 fully saturated rings. The number of furan rings is 1. The third-order valence-electron chi connectivity index (χ3n) is 4.92. The van der Waals surface area contributed by atoms with Gasteiger partial charge in [-0.3, -0.25) is 9.69 Å². The Balaban J connectivity index is 1.27. The average molecular weight is 376 g/mol. The summed E-state index contributed by atoms with van der Waals surface area (Å²) in [6.45, 7) is 4.77. The molecule has 6 heteroatoms. The summed E-state index contributed by atoms with van der Waals surface area (Å²) in [6, 6.07) is 15.6. The van der Waals surface area contributed by atoms with Crippen molar-refractivity contribution < 1.29 is 9.21 Å². The zero-order chi connectivity index (χ0) is 19.2. The average Bonchev–Trinajstić information content (AvgIpc) is 3.23. The Hall–Kier alpha value is -3.12. The van der Waals surface area contributed by atoms with E-state index in [0.717, 1.165) is 49.8 Å². The lowest BCUT2D eigenvalue weighted by Gasteiger charge is -2.35. The highest BCUT2D eigenvalue weighted by molar-refractivity contribution is 5.92. The predicted octanol–water partition coefficient (Wildman–Crippen LogP) is 3.18. The molecular formula is C22H24N4O2. The van der Waals surface area contributed by atoms with Crippen LogP contribution in [0.1, 0.15) is 11.1 Å². The summed E-state index contributed by atoms with van der Waals surface area (Å²) in [5, 5.41) is 2.92. The number of pyridine rings is 1. The molecule has 0 saturated carbocycles. The second kappa shape index (κ2) is 8.71. The molecule has 144 valence electrons. The van der Waals surface area contributed by atoms with E-state index in [9.17, 15) is 4.79 Å². The second-order valence-corrected chi connectivity index (χ2v) is 7.01. The van der Waals surface area contributed by atoms with Crippen LogP contribution < -0.4 is 10.2 Å². The summed E-state index contributed by atoms with van der Waals surface area (Å²) < 4.78 is 5.14. The van der Waals surface area contributed by atoms with E-state index in [1.807, 2.05) is 48.5 Å². The molecule has 0 atom stereocenters. The first-order chi connectivity index (χ1) is 13.8. The Morgan fingerprint density at radius 3 is 2.50 bits per heavy atom. The molecular weight excluding hydrogens is 352 g/mol. The molecule has 1 aromatic carbocycles. The molecule has 1 saturated heterocycles. The van der Waals surface area contributed by atoms with Gasteiger partial charge in [-0.1, -0.05) is 30.3 Å². The molecule has 3 heterocycles. The van der Waals surface area contributed by atoms with Crippen LogP contribution in [-0.4, -0.2) is 42.0 Å². The minimum absolute atomic E-state index is 0.0337. The van der Waals surface area contributed by atoms with Gasteiger partial charge in [-0.05, 0) is 23.8 Å². The molecule has 0 radical (unpaired) electrons. The van der Waals surface area contributed by atoms with E-state index in [1.54, 1.807) is 18.7 Å². The molecule has 6 nitrogen and oxygen atoms in total. The van der Waals surface area contributed by atoms with Crippen molar-refractivity contribution in [2.45, 2.75) is 13.0 Å². The van der Waals surface area contributed by atoms with Gasteiger partial charge in [0.25, 0.3) is 0 Å². The molecule has 1 aliphatic rings. The first kappa shape index (κ1) is 18.3. The smallest absolute Gasteiger partial charge is 0.228 e. The van der Waals surface area contributed by atoms with Crippen molar-refractivity contribution in [3.63, 3.8) is 0 Å². The van der Waals surface area contributed by atoms with Crippen LogP contribution in [0.25, 0.3) is 0 Å². The molecule has 1 amide bonds. The maximum atomic E-state index is 12.2. The number of piperazine rings is 1. The Labute approximate surface area is 164 Å². The van der Waals surface area contributed by atoms with Gasteiger partial charge >= 0.3 is 0 Å². The Morgan fingerprint density at radius 2 is 1.82 bits per heavy atom. The number of nitrogens with zero attached hydrogens (tertiary/aromatic N) is 3. The number of rotatable bonds is 6. The van der Waals surface area contributed by atoms with Crippen LogP contribution >= 0.6 is 0 Å². The third kappa shape index (κ3) is 4.78. The van der Waals surface area contributed by atoms with Crippen LogP contribution in [0.3, 0.4) is 0 Å². The summed E-state index contributed by atoms with van der Waals surface area (Å²) in [4.78, 5) is 21.4. The Morgan fingerprint density at radius 1 is 1.00 bits per heavy atom. The first-order valence-electron chi connectivity index (χ1n) is 9.54. The third-order valence-corrected chi connectivity index (χ3v) is 4.92. The molecule has 28 heavy (non-hydrogen) atoms. The number of carbonyl (C=O) groups is 1. The number of hydrogen-bond acceptors (Lipinski definition) is 5. The van der Waals surface area contributed by atoms with Crippen LogP contribution in [0.5, 0.6) is 0 Å². The highest BCUT2D eigenvalue weighted by Crippen LogP contribution is 2.17. The van der Waals surface area contributed by atoms with Gasteiger partial charge in [-0.2, -0.15) is 0 Å². The summed E-state index contributed by atoms with van der Waals surface area (Å²) in [5.41, 5.74) is 2.93. The lowest BCUT2D eigenvalue weighted by atomic mass is 10.1. The van der Waals surface area contributed by atoms with Crippen molar-refractivity contribution in [2.24, 2.45) is 0 Å². The fourth-order valence-electron chi connectivity index (χ4n) is 3.41. The highest BCUT2D eigenvalue weighted by Gasteiger charge is 2.18. The van der Waals surface area contributed by atoms with Gasteiger partial charge < -0.3 is 14.6 Å². The van der Waals surface area contributed by atoms with Gasteiger partial charge in [-0.15, -0.1) is 0 Å². The van der Waals surface area contributed by atoms with E-state index in [1.165, 1.54) is 5.56 Å². The number of carbonyl (C=O) groups excluding carboxylic acids is 1. The predicted molar refractivity (Wildman–Crippen MR) is 109 cm³/mol. The Kier molecular flexibility index (Phi) is 5.68. The SMILES string of the molecule is O=C(Cc1ccccc1)Nc1ccc(N2CCN(Cc3ccoc3)CC2)nc1. The molecule has 3 aromatic rings. The summed E-state index contributed by atoms with van der Waals surface area (Å²) >= 11 is 0. The summed E-state index contributed by atoms with van der Waals surface area (Å²) in [5.74, 6) is 0.914. The van der Waals surface area contributed by atoms with Crippen molar-refractivity contribution >= 4 is 17.4 Å². The van der Waals surface area contributed by atoms with Gasteiger partial charge in [0.15, 0.2) is 0 Å². The van der Waals surface area contributed by atoms with E-state index >= 15 is 0 Å². The summed E-state index contributed by atoms with van der Waals surface area (Å²) in [7, 11) is 0. The maximum Gasteiger partial charge on any atom is 0.228 e. The first-order valence-corrected chi connectivity index (χ1v) is 9.54.